The lowest BCUT2D eigenvalue weighted by atomic mass is 10.1. The Bertz CT molecular complexity index is 628. The molecule has 0 bridgehead atoms. The summed E-state index contributed by atoms with van der Waals surface area (Å²) in [6, 6.07) is 6.57. The van der Waals surface area contributed by atoms with E-state index in [-0.39, 0.29) is 13.0 Å². The molecule has 2 N–H and O–H groups in total. The van der Waals surface area contributed by atoms with Gasteiger partial charge in [-0.05, 0) is 17.7 Å². The molecule has 0 aromatic heterocycles. The van der Waals surface area contributed by atoms with Crippen LogP contribution in [0.5, 0.6) is 5.75 Å². The summed E-state index contributed by atoms with van der Waals surface area (Å²) in [4.78, 5) is 0. The molecule has 0 heterocycles. The van der Waals surface area contributed by atoms with Gasteiger partial charge >= 0.3 is 0 Å². The predicted octanol–water partition coefficient (Wildman–Crippen LogP) is 3.59. The summed E-state index contributed by atoms with van der Waals surface area (Å²) in [5.41, 5.74) is 6.77. The molecular formula is C14H10F5NO. The molecule has 0 unspecified atom stereocenters. The first kappa shape index (κ1) is 15.1. The molecule has 0 saturated heterocycles. The zero-order valence-electron chi connectivity index (χ0n) is 10.6. The summed E-state index contributed by atoms with van der Waals surface area (Å²) in [6.07, 6.45) is 0.222. The number of rotatable bonds is 4. The average Bonchev–Trinajstić information content (AvgIpc) is 2.48. The van der Waals surface area contributed by atoms with E-state index in [0.29, 0.717) is 5.69 Å². The smallest absolute Gasteiger partial charge is 0.206 e. The van der Waals surface area contributed by atoms with Gasteiger partial charge in [-0.15, -0.1) is 0 Å². The Hall–Kier alpha value is -2.31. The molecule has 2 rings (SSSR count). The van der Waals surface area contributed by atoms with Crippen molar-refractivity contribution in [1.29, 1.82) is 0 Å². The van der Waals surface area contributed by atoms with Crippen molar-refractivity contribution in [2.75, 3.05) is 12.3 Å². The van der Waals surface area contributed by atoms with Gasteiger partial charge in [-0.2, -0.15) is 8.78 Å². The van der Waals surface area contributed by atoms with Crippen molar-refractivity contribution in [3.63, 3.8) is 0 Å². The van der Waals surface area contributed by atoms with E-state index in [2.05, 4.69) is 0 Å². The van der Waals surface area contributed by atoms with Crippen molar-refractivity contribution < 1.29 is 26.7 Å². The van der Waals surface area contributed by atoms with Crippen LogP contribution < -0.4 is 10.5 Å². The van der Waals surface area contributed by atoms with Gasteiger partial charge in [0.15, 0.2) is 5.75 Å². The molecular weight excluding hydrogens is 293 g/mol. The van der Waals surface area contributed by atoms with Crippen molar-refractivity contribution in [2.45, 2.75) is 6.42 Å². The Morgan fingerprint density at radius 1 is 0.762 bits per heavy atom. The van der Waals surface area contributed by atoms with Crippen LogP contribution in [0.25, 0.3) is 0 Å². The quantitative estimate of drug-likeness (QED) is 0.405. The van der Waals surface area contributed by atoms with Crippen LogP contribution in [0.15, 0.2) is 24.3 Å². The third-order valence-corrected chi connectivity index (χ3v) is 2.79. The Balaban J connectivity index is 2.12. The third kappa shape index (κ3) is 3.07. The van der Waals surface area contributed by atoms with Gasteiger partial charge in [0.1, 0.15) is 0 Å². The molecule has 0 spiro atoms. The average molecular weight is 303 g/mol. The van der Waals surface area contributed by atoms with Gasteiger partial charge < -0.3 is 10.5 Å². The minimum Gasteiger partial charge on any atom is -0.487 e. The predicted molar refractivity (Wildman–Crippen MR) is 66.3 cm³/mol. The number of halogens is 5. The van der Waals surface area contributed by atoms with Crippen LogP contribution >= 0.6 is 0 Å². The van der Waals surface area contributed by atoms with E-state index in [9.17, 15) is 22.0 Å². The monoisotopic (exact) mass is 303 g/mol. The van der Waals surface area contributed by atoms with E-state index in [1.807, 2.05) is 0 Å². The van der Waals surface area contributed by atoms with Crippen molar-refractivity contribution in [1.82, 2.24) is 0 Å². The largest absolute Gasteiger partial charge is 0.487 e. The second kappa shape index (κ2) is 5.99. The highest BCUT2D eigenvalue weighted by Gasteiger charge is 2.26. The molecule has 0 radical (unpaired) electrons. The van der Waals surface area contributed by atoms with E-state index in [0.717, 1.165) is 5.56 Å². The van der Waals surface area contributed by atoms with E-state index in [4.69, 9.17) is 10.5 Å². The Morgan fingerprint density at radius 2 is 1.24 bits per heavy atom. The van der Waals surface area contributed by atoms with Crippen LogP contribution in [0.2, 0.25) is 0 Å². The molecule has 0 saturated carbocycles. The van der Waals surface area contributed by atoms with Gasteiger partial charge in [-0.25, -0.2) is 13.2 Å². The fraction of sp³-hybridized carbons (Fsp3) is 0.143. The number of benzene rings is 2. The van der Waals surface area contributed by atoms with Crippen molar-refractivity contribution >= 4 is 5.69 Å². The highest BCUT2D eigenvalue weighted by atomic mass is 19.2. The van der Waals surface area contributed by atoms with Crippen LogP contribution in [0.4, 0.5) is 27.6 Å². The van der Waals surface area contributed by atoms with Crippen molar-refractivity contribution in [3.8, 4) is 5.75 Å². The lowest BCUT2D eigenvalue weighted by Crippen LogP contribution is -2.09. The highest BCUT2D eigenvalue weighted by molar-refractivity contribution is 5.39. The topological polar surface area (TPSA) is 35.2 Å². The van der Waals surface area contributed by atoms with Crippen LogP contribution in [0.1, 0.15) is 5.56 Å². The zero-order valence-corrected chi connectivity index (χ0v) is 10.6. The molecule has 7 heteroatoms. The third-order valence-electron chi connectivity index (χ3n) is 2.79. The first-order chi connectivity index (χ1) is 9.91. The number of nitrogen functional groups attached to an aromatic ring is 1. The minimum atomic E-state index is -2.21. The maximum absolute atomic E-state index is 13.3. The lowest BCUT2D eigenvalue weighted by molar-refractivity contribution is 0.265. The highest BCUT2D eigenvalue weighted by Crippen LogP contribution is 2.29. The Morgan fingerprint density at radius 3 is 1.76 bits per heavy atom. The van der Waals surface area contributed by atoms with Crippen LogP contribution in [0, 0.1) is 29.1 Å². The normalized spacial score (nSPS) is 10.7. The van der Waals surface area contributed by atoms with Gasteiger partial charge in [0.2, 0.25) is 29.1 Å². The van der Waals surface area contributed by atoms with E-state index >= 15 is 0 Å². The summed E-state index contributed by atoms with van der Waals surface area (Å²) in [6.45, 7) is -0.248. The molecule has 0 amide bonds. The lowest BCUT2D eigenvalue weighted by Gasteiger charge is -2.10. The number of hydrogen-bond donors (Lipinski definition) is 1. The molecule has 21 heavy (non-hydrogen) atoms. The van der Waals surface area contributed by atoms with Crippen LogP contribution in [0.3, 0.4) is 0 Å². The van der Waals surface area contributed by atoms with Gasteiger partial charge in [-0.1, -0.05) is 12.1 Å². The summed E-state index contributed by atoms with van der Waals surface area (Å²) >= 11 is 0. The fourth-order valence-electron chi connectivity index (χ4n) is 1.67. The van der Waals surface area contributed by atoms with Crippen molar-refractivity contribution in [3.05, 3.63) is 58.9 Å². The summed E-state index contributed by atoms with van der Waals surface area (Å²) < 4.78 is 70.0. The second-order valence-electron chi connectivity index (χ2n) is 4.24. The summed E-state index contributed by atoms with van der Waals surface area (Å²) in [5, 5.41) is 0. The summed E-state index contributed by atoms with van der Waals surface area (Å²) in [5.74, 6) is -11.5. The van der Waals surface area contributed by atoms with Crippen LogP contribution in [-0.2, 0) is 6.42 Å². The standard InChI is InChI=1S/C14H10F5NO/c15-9-10(16)12(18)14(13(19)11(9)17)21-6-5-7-1-3-8(20)4-2-7/h1-4H,5-6,20H2. The first-order valence-corrected chi connectivity index (χ1v) is 5.90. The number of anilines is 1. The van der Waals surface area contributed by atoms with E-state index in [1.54, 1.807) is 24.3 Å². The molecule has 0 atom stereocenters. The van der Waals surface area contributed by atoms with Gasteiger partial charge in [0.05, 0.1) is 6.61 Å². The maximum atomic E-state index is 13.3. The maximum Gasteiger partial charge on any atom is 0.206 e. The molecule has 2 aromatic carbocycles. The fourth-order valence-corrected chi connectivity index (χ4v) is 1.67. The van der Waals surface area contributed by atoms with Crippen LogP contribution in [-0.4, -0.2) is 6.61 Å². The molecule has 2 aromatic rings. The Labute approximate surface area is 116 Å². The van der Waals surface area contributed by atoms with Gasteiger partial charge in [0, 0.05) is 12.1 Å². The second-order valence-corrected chi connectivity index (χ2v) is 4.24. The Kier molecular flexibility index (Phi) is 4.30. The molecule has 0 aliphatic heterocycles. The number of hydrogen-bond acceptors (Lipinski definition) is 2. The van der Waals surface area contributed by atoms with Crippen molar-refractivity contribution in [2.24, 2.45) is 0 Å². The SMILES string of the molecule is Nc1ccc(CCOc2c(F)c(F)c(F)c(F)c2F)cc1. The molecule has 112 valence electrons. The zero-order chi connectivity index (χ0) is 15.6. The minimum absolute atomic E-state index is 0.222. The molecule has 0 aliphatic carbocycles. The van der Waals surface area contributed by atoms with Gasteiger partial charge in [0.25, 0.3) is 0 Å². The summed E-state index contributed by atoms with van der Waals surface area (Å²) in [7, 11) is 0. The molecule has 0 aliphatic rings. The molecule has 2 nitrogen and oxygen atoms in total. The van der Waals surface area contributed by atoms with Gasteiger partial charge in [-0.3, -0.25) is 0 Å². The number of nitrogens with two attached hydrogens (primary N) is 1. The molecule has 0 fully saturated rings. The number of ether oxygens (including phenoxy) is 1. The van der Waals surface area contributed by atoms with E-state index in [1.165, 1.54) is 0 Å². The first-order valence-electron chi connectivity index (χ1n) is 5.90. The van der Waals surface area contributed by atoms with E-state index < -0.39 is 34.8 Å².